The summed E-state index contributed by atoms with van der Waals surface area (Å²) >= 11 is 0. The van der Waals surface area contributed by atoms with Crippen molar-refractivity contribution in [3.8, 4) is 0 Å². The molecule has 40 heavy (non-hydrogen) atoms. The van der Waals surface area contributed by atoms with Crippen LogP contribution in [0.25, 0.3) is 16.7 Å². The lowest BCUT2D eigenvalue weighted by atomic mass is 10.1. The molecule has 208 valence electrons. The van der Waals surface area contributed by atoms with Crippen LogP contribution in [0.2, 0.25) is 0 Å². The zero-order chi connectivity index (χ0) is 28.8. The van der Waals surface area contributed by atoms with E-state index >= 15 is 0 Å². The third kappa shape index (κ3) is 5.96. The Bertz CT molecular complexity index is 1690. The zero-order valence-corrected chi connectivity index (χ0v) is 22.2. The molecule has 0 spiro atoms. The Kier molecular flexibility index (Phi) is 8.80. The van der Waals surface area contributed by atoms with Crippen molar-refractivity contribution in [3.63, 3.8) is 0 Å². The van der Waals surface area contributed by atoms with E-state index < -0.39 is 34.5 Å². The second-order valence-electron chi connectivity index (χ2n) is 9.10. The van der Waals surface area contributed by atoms with Crippen molar-refractivity contribution in [2.75, 3.05) is 13.2 Å². The van der Waals surface area contributed by atoms with Gasteiger partial charge in [0.15, 0.2) is 5.49 Å². The molecular weight excluding hydrogens is 518 g/mol. The Labute approximate surface area is 228 Å². The first kappa shape index (κ1) is 28.3. The van der Waals surface area contributed by atoms with Gasteiger partial charge < -0.3 is 14.0 Å². The van der Waals surface area contributed by atoms with Crippen LogP contribution in [-0.2, 0) is 20.8 Å². The maximum absolute atomic E-state index is 13.6. The van der Waals surface area contributed by atoms with Crippen LogP contribution >= 0.6 is 0 Å². The standard InChI is InChI=1S/C28H29N5O7/c1-4-6-7-11-19(33(37)38)15-23(34)29-26-22(28(36)39-5-2)16-21-25(32(26)17-20-12-9-14-40-20)30-24-18(3)10-8-13-31(24)27(21)35/h4,6-8,10-11,13,16,20H,1,5,9,12,14-15,17H2,2-3H3/b7-6+,19-11-,29-26?. The molecule has 3 aromatic rings. The number of carbonyl (C=O) groups excluding carboxylic acids is 2. The normalized spacial score (nSPS) is 16.2. The minimum Gasteiger partial charge on any atom is -0.462 e. The molecule has 0 aromatic carbocycles. The molecule has 1 aliphatic heterocycles. The maximum Gasteiger partial charge on any atom is 0.341 e. The number of carbonyl (C=O) groups is 2. The monoisotopic (exact) mass is 547 g/mol. The first-order chi connectivity index (χ1) is 19.2. The zero-order valence-electron chi connectivity index (χ0n) is 22.2. The van der Waals surface area contributed by atoms with Crippen LogP contribution in [-0.4, -0.2) is 50.1 Å². The molecule has 0 N–H and O–H groups in total. The third-order valence-electron chi connectivity index (χ3n) is 6.34. The lowest BCUT2D eigenvalue weighted by Gasteiger charge is -2.18. The molecule has 1 atom stereocenters. The van der Waals surface area contributed by atoms with E-state index in [-0.39, 0.29) is 41.3 Å². The van der Waals surface area contributed by atoms with E-state index in [1.54, 1.807) is 19.2 Å². The number of esters is 1. The Morgan fingerprint density at radius 3 is 2.83 bits per heavy atom. The predicted molar refractivity (Wildman–Crippen MR) is 146 cm³/mol. The molecule has 4 heterocycles. The molecule has 1 aliphatic rings. The van der Waals surface area contributed by atoms with Crippen molar-refractivity contribution >= 4 is 28.6 Å². The summed E-state index contributed by atoms with van der Waals surface area (Å²) in [7, 11) is 0. The van der Waals surface area contributed by atoms with E-state index in [1.807, 2.05) is 13.0 Å². The molecular formula is C28H29N5O7. The van der Waals surface area contributed by atoms with Crippen molar-refractivity contribution in [2.24, 2.45) is 4.99 Å². The van der Waals surface area contributed by atoms with Crippen molar-refractivity contribution in [2.45, 2.75) is 45.8 Å². The fraction of sp³-hybridized carbons (Fsp3) is 0.321. The van der Waals surface area contributed by atoms with E-state index in [2.05, 4.69) is 11.6 Å². The van der Waals surface area contributed by atoms with Gasteiger partial charge in [0, 0.05) is 18.9 Å². The van der Waals surface area contributed by atoms with Gasteiger partial charge in [0.05, 0.1) is 29.6 Å². The second kappa shape index (κ2) is 12.4. The van der Waals surface area contributed by atoms with Crippen molar-refractivity contribution in [3.05, 3.63) is 98.1 Å². The third-order valence-corrected chi connectivity index (χ3v) is 6.34. The average molecular weight is 548 g/mol. The molecule has 12 nitrogen and oxygen atoms in total. The highest BCUT2D eigenvalue weighted by atomic mass is 16.6. The van der Waals surface area contributed by atoms with E-state index in [4.69, 9.17) is 14.5 Å². The number of hydrogen-bond donors (Lipinski definition) is 0. The number of hydrogen-bond acceptors (Lipinski definition) is 8. The number of fused-ring (bicyclic) bond motifs is 2. The number of amides is 1. The lowest BCUT2D eigenvalue weighted by molar-refractivity contribution is -0.426. The topological polar surface area (TPSA) is 147 Å². The molecule has 12 heteroatoms. The van der Waals surface area contributed by atoms with Gasteiger partial charge in [-0.15, -0.1) is 0 Å². The highest BCUT2D eigenvalue weighted by Crippen LogP contribution is 2.18. The minimum absolute atomic E-state index is 0.0357. The molecule has 1 saturated heterocycles. The summed E-state index contributed by atoms with van der Waals surface area (Å²) in [6.45, 7) is 7.67. The van der Waals surface area contributed by atoms with Crippen LogP contribution in [0.1, 0.15) is 42.1 Å². The van der Waals surface area contributed by atoms with Gasteiger partial charge >= 0.3 is 5.97 Å². The average Bonchev–Trinajstić information content (AvgIpc) is 3.43. The van der Waals surface area contributed by atoms with Crippen LogP contribution in [0.4, 0.5) is 0 Å². The van der Waals surface area contributed by atoms with Gasteiger partial charge in [-0.1, -0.05) is 30.9 Å². The molecule has 4 rings (SSSR count). The van der Waals surface area contributed by atoms with Gasteiger partial charge in [0.25, 0.3) is 17.2 Å². The molecule has 1 amide bonds. The van der Waals surface area contributed by atoms with Gasteiger partial charge in [-0.25, -0.2) is 9.78 Å². The van der Waals surface area contributed by atoms with E-state index in [1.165, 1.54) is 39.3 Å². The first-order valence-corrected chi connectivity index (χ1v) is 12.8. The molecule has 0 saturated carbocycles. The van der Waals surface area contributed by atoms with Gasteiger partial charge in [0.2, 0.25) is 0 Å². The summed E-state index contributed by atoms with van der Waals surface area (Å²) in [5.41, 5.74) is 0.284. The summed E-state index contributed by atoms with van der Waals surface area (Å²) in [4.78, 5) is 59.6. The molecule has 1 fully saturated rings. The van der Waals surface area contributed by atoms with Crippen LogP contribution in [0.3, 0.4) is 0 Å². The fourth-order valence-electron chi connectivity index (χ4n) is 4.47. The summed E-state index contributed by atoms with van der Waals surface area (Å²) < 4.78 is 13.9. The van der Waals surface area contributed by atoms with Crippen LogP contribution in [0, 0.1) is 17.0 Å². The summed E-state index contributed by atoms with van der Waals surface area (Å²) in [5, 5.41) is 11.7. The summed E-state index contributed by atoms with van der Waals surface area (Å²) in [6.07, 6.45) is 7.68. The molecule has 3 aromatic heterocycles. The highest BCUT2D eigenvalue weighted by Gasteiger charge is 2.24. The number of ether oxygens (including phenoxy) is 2. The summed E-state index contributed by atoms with van der Waals surface area (Å²) in [6, 6.07) is 4.84. The van der Waals surface area contributed by atoms with E-state index in [0.717, 1.165) is 12.0 Å². The SMILES string of the molecule is C=C/C=C/C=C(/CC(=O)N=c1c(C(=O)OCC)cc2c(=O)n3cccc(C)c3nc2n1CC1CCCO1)[N+](=O)[O-]. The van der Waals surface area contributed by atoms with Crippen molar-refractivity contribution in [1.29, 1.82) is 0 Å². The molecule has 0 bridgehead atoms. The van der Waals surface area contributed by atoms with Crippen LogP contribution in [0.15, 0.2) is 70.8 Å². The Hall–Kier alpha value is -4.71. The smallest absolute Gasteiger partial charge is 0.341 e. The van der Waals surface area contributed by atoms with Gasteiger partial charge in [-0.05, 0) is 44.4 Å². The number of nitro groups is 1. The Balaban J connectivity index is 2.03. The number of nitrogens with zero attached hydrogens (tertiary/aromatic N) is 5. The number of allylic oxidation sites excluding steroid dienone is 4. The van der Waals surface area contributed by atoms with E-state index in [9.17, 15) is 24.5 Å². The van der Waals surface area contributed by atoms with Gasteiger partial charge in [-0.2, -0.15) is 4.99 Å². The lowest BCUT2D eigenvalue weighted by Crippen LogP contribution is -2.35. The fourth-order valence-corrected chi connectivity index (χ4v) is 4.47. The van der Waals surface area contributed by atoms with Gasteiger partial charge in [-0.3, -0.25) is 24.1 Å². The van der Waals surface area contributed by atoms with Crippen molar-refractivity contribution in [1.82, 2.24) is 14.0 Å². The quantitative estimate of drug-likeness (QED) is 0.131. The van der Waals surface area contributed by atoms with Crippen molar-refractivity contribution < 1.29 is 24.0 Å². The van der Waals surface area contributed by atoms with E-state index in [0.29, 0.717) is 18.7 Å². The second-order valence-corrected chi connectivity index (χ2v) is 9.10. The predicted octanol–water partition coefficient (Wildman–Crippen LogP) is 3.03. The highest BCUT2D eigenvalue weighted by molar-refractivity contribution is 5.94. The first-order valence-electron chi connectivity index (χ1n) is 12.8. The van der Waals surface area contributed by atoms with Gasteiger partial charge in [0.1, 0.15) is 23.3 Å². The Morgan fingerprint density at radius 1 is 1.35 bits per heavy atom. The van der Waals surface area contributed by atoms with Crippen LogP contribution in [0.5, 0.6) is 0 Å². The summed E-state index contributed by atoms with van der Waals surface area (Å²) in [5.74, 6) is -1.67. The number of rotatable bonds is 9. The van der Waals surface area contributed by atoms with Crippen LogP contribution < -0.4 is 11.0 Å². The minimum atomic E-state index is -0.866. The number of aromatic nitrogens is 3. The largest absolute Gasteiger partial charge is 0.462 e. The molecule has 1 unspecified atom stereocenters. The maximum atomic E-state index is 13.6. The molecule has 0 aliphatic carbocycles. The number of aryl methyl sites for hydroxylation is 1. The Morgan fingerprint density at radius 2 is 2.15 bits per heavy atom. The number of pyridine rings is 2. The molecule has 0 radical (unpaired) electrons.